The predicted molar refractivity (Wildman–Crippen MR) is 107 cm³/mol. The number of carbonyl (C=O) groups excluding carboxylic acids is 1. The molecule has 0 radical (unpaired) electrons. The number of furan rings is 1. The number of carbonyl (C=O) groups is 1. The average Bonchev–Trinajstić information content (AvgIpc) is 3.16. The van der Waals surface area contributed by atoms with Gasteiger partial charge in [-0.05, 0) is 49.7 Å². The Morgan fingerprint density at radius 1 is 1.07 bits per heavy atom. The van der Waals surface area contributed by atoms with Crippen molar-refractivity contribution in [3.05, 3.63) is 82.6 Å². The van der Waals surface area contributed by atoms with Crippen molar-refractivity contribution in [2.45, 2.75) is 13.8 Å². The number of rotatable bonds is 4. The van der Waals surface area contributed by atoms with Crippen LogP contribution in [0.1, 0.15) is 22.5 Å². The van der Waals surface area contributed by atoms with Gasteiger partial charge in [-0.15, -0.1) is 0 Å². The third-order valence-corrected chi connectivity index (χ3v) is 4.22. The molecule has 0 spiro atoms. The van der Waals surface area contributed by atoms with Crippen LogP contribution in [0.15, 0.2) is 64.6 Å². The summed E-state index contributed by atoms with van der Waals surface area (Å²) in [5, 5.41) is 21.4. The van der Waals surface area contributed by atoms with Gasteiger partial charge in [0, 0.05) is 17.3 Å². The highest BCUT2D eigenvalue weighted by Gasteiger charge is 2.13. The highest BCUT2D eigenvalue weighted by Crippen LogP contribution is 2.26. The van der Waals surface area contributed by atoms with Gasteiger partial charge in [-0.25, -0.2) is 0 Å². The third kappa shape index (κ3) is 4.00. The maximum atomic E-state index is 12.5. The van der Waals surface area contributed by atoms with E-state index in [1.54, 1.807) is 36.4 Å². The molecule has 136 valence electrons. The second-order valence-corrected chi connectivity index (χ2v) is 6.30. The van der Waals surface area contributed by atoms with Gasteiger partial charge in [0.25, 0.3) is 5.91 Å². The summed E-state index contributed by atoms with van der Waals surface area (Å²) in [6, 6.07) is 20.1. The number of nitrogens with zero attached hydrogens (tertiary/aromatic N) is 2. The normalized spacial score (nSPS) is 10.8. The number of anilines is 1. The lowest BCUT2D eigenvalue weighted by atomic mass is 10.1. The van der Waals surface area contributed by atoms with Crippen molar-refractivity contribution in [2.75, 3.05) is 5.32 Å². The lowest BCUT2D eigenvalue weighted by molar-refractivity contribution is -0.112. The van der Waals surface area contributed by atoms with E-state index in [2.05, 4.69) is 11.4 Å². The fraction of sp³-hybridized carbons (Fsp3) is 0.0870. The summed E-state index contributed by atoms with van der Waals surface area (Å²) in [5.41, 5.74) is 3.73. The van der Waals surface area contributed by atoms with E-state index in [4.69, 9.17) is 4.42 Å². The van der Waals surface area contributed by atoms with E-state index in [9.17, 15) is 15.3 Å². The zero-order valence-corrected chi connectivity index (χ0v) is 15.5. The zero-order valence-electron chi connectivity index (χ0n) is 15.5. The number of hydrogen-bond acceptors (Lipinski definition) is 4. The Hall–Kier alpha value is -4.09. The van der Waals surface area contributed by atoms with Crippen molar-refractivity contribution in [1.82, 2.24) is 0 Å². The van der Waals surface area contributed by atoms with Gasteiger partial charge in [-0.2, -0.15) is 10.5 Å². The van der Waals surface area contributed by atoms with Crippen LogP contribution < -0.4 is 5.32 Å². The Balaban J connectivity index is 1.85. The first-order chi connectivity index (χ1) is 13.5. The van der Waals surface area contributed by atoms with Crippen molar-refractivity contribution in [3.63, 3.8) is 0 Å². The van der Waals surface area contributed by atoms with Crippen LogP contribution in [-0.4, -0.2) is 5.91 Å². The predicted octanol–water partition coefficient (Wildman–Crippen LogP) is 4.98. The fourth-order valence-electron chi connectivity index (χ4n) is 2.80. The summed E-state index contributed by atoms with van der Waals surface area (Å²) in [6.07, 6.45) is 1.39. The molecular weight excluding hydrogens is 350 g/mol. The fourth-order valence-corrected chi connectivity index (χ4v) is 2.80. The summed E-state index contributed by atoms with van der Waals surface area (Å²) in [5.74, 6) is 0.343. The maximum Gasteiger partial charge on any atom is 0.266 e. The van der Waals surface area contributed by atoms with Crippen LogP contribution in [0.25, 0.3) is 17.4 Å². The van der Waals surface area contributed by atoms with Crippen molar-refractivity contribution in [2.24, 2.45) is 0 Å². The van der Waals surface area contributed by atoms with Crippen LogP contribution in [0, 0.1) is 36.5 Å². The highest BCUT2D eigenvalue weighted by molar-refractivity contribution is 6.09. The molecule has 0 atom stereocenters. The molecule has 1 amide bonds. The first kappa shape index (κ1) is 18.7. The molecule has 3 rings (SSSR count). The minimum atomic E-state index is -0.509. The lowest BCUT2D eigenvalue weighted by Gasteiger charge is -2.08. The molecule has 5 nitrogen and oxygen atoms in total. The number of nitriles is 2. The van der Waals surface area contributed by atoms with Gasteiger partial charge in [-0.1, -0.05) is 29.8 Å². The van der Waals surface area contributed by atoms with Crippen LogP contribution >= 0.6 is 0 Å². The van der Waals surface area contributed by atoms with Crippen LogP contribution in [0.2, 0.25) is 0 Å². The molecule has 3 aromatic rings. The van der Waals surface area contributed by atoms with Crippen molar-refractivity contribution >= 4 is 17.7 Å². The van der Waals surface area contributed by atoms with E-state index in [1.165, 1.54) is 6.08 Å². The van der Waals surface area contributed by atoms with E-state index in [1.807, 2.05) is 38.1 Å². The number of aryl methyl sites for hydroxylation is 2. The molecule has 0 aliphatic carbocycles. The molecule has 5 heteroatoms. The SMILES string of the molecule is Cc1ccc(NC(=O)/C(C#N)=C/c2ccc(-c3ccccc3C#N)o2)c(C)c1. The summed E-state index contributed by atoms with van der Waals surface area (Å²) in [7, 11) is 0. The molecule has 0 fully saturated rings. The number of benzene rings is 2. The monoisotopic (exact) mass is 367 g/mol. The van der Waals surface area contributed by atoms with Gasteiger partial charge < -0.3 is 9.73 Å². The van der Waals surface area contributed by atoms with Crippen LogP contribution in [0.4, 0.5) is 5.69 Å². The molecule has 1 aromatic heterocycles. The second-order valence-electron chi connectivity index (χ2n) is 6.30. The standard InChI is InChI=1S/C23H17N3O2/c1-15-7-9-21(16(2)11-15)26-23(27)18(14-25)12-19-8-10-22(28-19)20-6-4-3-5-17(20)13-24/h3-12H,1-2H3,(H,26,27)/b18-12+. The molecule has 1 heterocycles. The molecule has 0 unspecified atom stereocenters. The summed E-state index contributed by atoms with van der Waals surface area (Å²) in [6.45, 7) is 3.86. The van der Waals surface area contributed by atoms with Gasteiger partial charge in [0.05, 0.1) is 11.6 Å². The van der Waals surface area contributed by atoms with Crippen LogP contribution in [0.3, 0.4) is 0 Å². The molecule has 2 aromatic carbocycles. The van der Waals surface area contributed by atoms with E-state index in [0.717, 1.165) is 11.1 Å². The maximum absolute atomic E-state index is 12.5. The molecule has 28 heavy (non-hydrogen) atoms. The molecule has 0 aliphatic rings. The third-order valence-electron chi connectivity index (χ3n) is 4.22. The van der Waals surface area contributed by atoms with Gasteiger partial charge in [-0.3, -0.25) is 4.79 Å². The molecule has 0 saturated heterocycles. The highest BCUT2D eigenvalue weighted by atomic mass is 16.3. The quantitative estimate of drug-likeness (QED) is 0.520. The summed E-state index contributed by atoms with van der Waals surface area (Å²) in [4.78, 5) is 12.5. The van der Waals surface area contributed by atoms with Crippen LogP contribution in [0.5, 0.6) is 0 Å². The van der Waals surface area contributed by atoms with Crippen molar-refractivity contribution < 1.29 is 9.21 Å². The minimum Gasteiger partial charge on any atom is -0.457 e. The van der Waals surface area contributed by atoms with Gasteiger partial charge in [0.15, 0.2) is 0 Å². The Morgan fingerprint density at radius 2 is 1.86 bits per heavy atom. The van der Waals surface area contributed by atoms with Gasteiger partial charge in [0.2, 0.25) is 0 Å². The summed E-state index contributed by atoms with van der Waals surface area (Å²) < 4.78 is 5.73. The van der Waals surface area contributed by atoms with E-state index < -0.39 is 5.91 Å². The first-order valence-corrected chi connectivity index (χ1v) is 8.61. The molecule has 0 saturated carbocycles. The molecule has 0 bridgehead atoms. The largest absolute Gasteiger partial charge is 0.457 e. The molecular formula is C23H17N3O2. The summed E-state index contributed by atoms with van der Waals surface area (Å²) >= 11 is 0. The van der Waals surface area contributed by atoms with E-state index >= 15 is 0 Å². The molecule has 1 N–H and O–H groups in total. The van der Waals surface area contributed by atoms with Gasteiger partial charge in [0.1, 0.15) is 23.2 Å². The Labute approximate surface area is 163 Å². The van der Waals surface area contributed by atoms with Crippen LogP contribution in [-0.2, 0) is 4.79 Å². The van der Waals surface area contributed by atoms with Crippen molar-refractivity contribution in [3.8, 4) is 23.5 Å². The first-order valence-electron chi connectivity index (χ1n) is 8.61. The van der Waals surface area contributed by atoms with E-state index in [0.29, 0.717) is 28.3 Å². The minimum absolute atomic E-state index is 0.0746. The Kier molecular flexibility index (Phi) is 5.39. The number of amides is 1. The Morgan fingerprint density at radius 3 is 2.57 bits per heavy atom. The average molecular weight is 367 g/mol. The van der Waals surface area contributed by atoms with E-state index in [-0.39, 0.29) is 5.57 Å². The zero-order chi connectivity index (χ0) is 20.1. The lowest BCUT2D eigenvalue weighted by Crippen LogP contribution is -2.14. The van der Waals surface area contributed by atoms with Gasteiger partial charge >= 0.3 is 0 Å². The topological polar surface area (TPSA) is 89.8 Å². The number of hydrogen-bond donors (Lipinski definition) is 1. The second kappa shape index (κ2) is 8.07. The number of nitrogens with one attached hydrogen (secondary N) is 1. The smallest absolute Gasteiger partial charge is 0.266 e. The van der Waals surface area contributed by atoms with Crippen molar-refractivity contribution in [1.29, 1.82) is 10.5 Å². The Bertz CT molecular complexity index is 1160. The molecule has 0 aliphatic heterocycles.